The maximum atomic E-state index is 12.9. The van der Waals surface area contributed by atoms with E-state index >= 15 is 0 Å². The molecule has 0 bridgehead atoms. The van der Waals surface area contributed by atoms with E-state index in [1.807, 2.05) is 30.3 Å². The van der Waals surface area contributed by atoms with Crippen LogP contribution in [0.4, 0.5) is 4.39 Å². The predicted octanol–water partition coefficient (Wildman–Crippen LogP) is 2.42. The maximum Gasteiger partial charge on any atom is 0.216 e. The van der Waals surface area contributed by atoms with Gasteiger partial charge in [-0.25, -0.2) is 4.39 Å². The fraction of sp³-hybridized carbons (Fsp3) is 0.125. The van der Waals surface area contributed by atoms with Crippen LogP contribution < -0.4 is 5.32 Å². The van der Waals surface area contributed by atoms with Crippen molar-refractivity contribution in [3.63, 3.8) is 0 Å². The molecule has 0 aliphatic carbocycles. The Kier molecular flexibility index (Phi) is 4.74. The smallest absolute Gasteiger partial charge is 0.216 e. The normalized spacial score (nSPS) is 11.8. The van der Waals surface area contributed by atoms with Crippen LogP contribution in [-0.4, -0.2) is 12.1 Å². The van der Waals surface area contributed by atoms with Gasteiger partial charge in [0.25, 0.3) is 0 Å². The van der Waals surface area contributed by atoms with Crippen molar-refractivity contribution >= 4 is 12.1 Å². The molecule has 0 spiro atoms. The molecule has 20 heavy (non-hydrogen) atoms. The summed E-state index contributed by atoms with van der Waals surface area (Å²) in [6, 6.07) is 14.3. The van der Waals surface area contributed by atoms with E-state index < -0.39 is 11.8 Å². The summed E-state index contributed by atoms with van der Waals surface area (Å²) in [5, 5.41) is 3.02. The second-order valence-electron chi connectivity index (χ2n) is 4.37. The summed E-state index contributed by atoms with van der Waals surface area (Å²) in [7, 11) is 0. The Balaban J connectivity index is 2.14. The number of aldehydes is 1. The molecule has 4 heteroatoms. The van der Waals surface area contributed by atoms with E-state index in [0.717, 1.165) is 5.56 Å². The number of halogens is 1. The highest BCUT2D eigenvalue weighted by Gasteiger charge is 2.19. The number of benzene rings is 2. The van der Waals surface area contributed by atoms with Crippen LogP contribution in [0, 0.1) is 5.82 Å². The van der Waals surface area contributed by atoms with Gasteiger partial charge < -0.3 is 0 Å². The number of hydrogen-bond donors (Lipinski definition) is 1. The highest BCUT2D eigenvalue weighted by Crippen LogP contribution is 2.15. The molecule has 3 nitrogen and oxygen atoms in total. The van der Waals surface area contributed by atoms with E-state index in [2.05, 4.69) is 5.32 Å². The lowest BCUT2D eigenvalue weighted by atomic mass is 10.0. The largest absolute Gasteiger partial charge is 0.299 e. The number of ketones is 1. The molecule has 1 atom stereocenters. The molecule has 2 aromatic carbocycles. The number of carbonyl (C=O) groups is 2. The Bertz CT molecular complexity index is 581. The van der Waals surface area contributed by atoms with E-state index in [9.17, 15) is 14.0 Å². The van der Waals surface area contributed by atoms with E-state index in [1.165, 1.54) is 24.3 Å². The Labute approximate surface area is 116 Å². The first-order valence-electron chi connectivity index (χ1n) is 6.22. The molecule has 0 aliphatic rings. The molecule has 0 fully saturated rings. The first-order chi connectivity index (χ1) is 9.70. The number of hydrogen-bond acceptors (Lipinski definition) is 3. The number of nitrogens with one attached hydrogen (secondary N) is 1. The third-order valence-electron chi connectivity index (χ3n) is 2.96. The van der Waals surface area contributed by atoms with Crippen LogP contribution in [0.25, 0.3) is 0 Å². The van der Waals surface area contributed by atoms with Crippen LogP contribution in [0.3, 0.4) is 0 Å². The lowest BCUT2D eigenvalue weighted by Crippen LogP contribution is -2.29. The van der Waals surface area contributed by atoms with Crippen molar-refractivity contribution < 1.29 is 14.0 Å². The van der Waals surface area contributed by atoms with Gasteiger partial charge in [0, 0.05) is 6.54 Å². The highest BCUT2D eigenvalue weighted by molar-refractivity contribution is 6.27. The first kappa shape index (κ1) is 14.1. The third kappa shape index (κ3) is 3.59. The average Bonchev–Trinajstić information content (AvgIpc) is 2.50. The molecule has 0 heterocycles. The van der Waals surface area contributed by atoms with Gasteiger partial charge in [0.1, 0.15) is 5.82 Å². The van der Waals surface area contributed by atoms with Crippen LogP contribution in [0.2, 0.25) is 0 Å². The van der Waals surface area contributed by atoms with Gasteiger partial charge in [-0.2, -0.15) is 0 Å². The van der Waals surface area contributed by atoms with Crippen LogP contribution >= 0.6 is 0 Å². The van der Waals surface area contributed by atoms with Crippen molar-refractivity contribution in [3.05, 3.63) is 71.5 Å². The first-order valence-corrected chi connectivity index (χ1v) is 6.22. The summed E-state index contributed by atoms with van der Waals surface area (Å²) in [5.41, 5.74) is 1.57. The van der Waals surface area contributed by atoms with Crippen molar-refractivity contribution in [1.82, 2.24) is 5.32 Å². The Morgan fingerprint density at radius 2 is 1.75 bits per heavy atom. The zero-order chi connectivity index (χ0) is 14.4. The van der Waals surface area contributed by atoms with Gasteiger partial charge in [-0.3, -0.25) is 14.9 Å². The lowest BCUT2D eigenvalue weighted by Gasteiger charge is -2.15. The average molecular weight is 271 g/mol. The maximum absolute atomic E-state index is 12.9. The van der Waals surface area contributed by atoms with Gasteiger partial charge in [-0.15, -0.1) is 0 Å². The monoisotopic (exact) mass is 271 g/mol. The molecule has 0 radical (unpaired) electrons. The van der Waals surface area contributed by atoms with Crippen LogP contribution in [0.5, 0.6) is 0 Å². The molecule has 2 rings (SSSR count). The second kappa shape index (κ2) is 6.73. The van der Waals surface area contributed by atoms with Crippen molar-refractivity contribution in [2.24, 2.45) is 0 Å². The summed E-state index contributed by atoms with van der Waals surface area (Å²) >= 11 is 0. The molecule has 2 aromatic rings. The van der Waals surface area contributed by atoms with Gasteiger partial charge in [0.05, 0.1) is 6.04 Å². The Morgan fingerprint density at radius 1 is 1.10 bits per heavy atom. The van der Waals surface area contributed by atoms with Gasteiger partial charge in [0.2, 0.25) is 5.78 Å². The minimum absolute atomic E-state index is 0.284. The fourth-order valence-corrected chi connectivity index (χ4v) is 1.92. The summed E-state index contributed by atoms with van der Waals surface area (Å²) in [6.45, 7) is 0.447. The van der Waals surface area contributed by atoms with Gasteiger partial charge in [-0.1, -0.05) is 42.5 Å². The summed E-state index contributed by atoms with van der Waals surface area (Å²) < 4.78 is 12.9. The fourth-order valence-electron chi connectivity index (χ4n) is 1.92. The minimum Gasteiger partial charge on any atom is -0.299 e. The molecule has 0 saturated carbocycles. The van der Waals surface area contributed by atoms with E-state index in [0.29, 0.717) is 12.1 Å². The topological polar surface area (TPSA) is 46.2 Å². The molecular weight excluding hydrogens is 257 g/mol. The Hall–Kier alpha value is -2.33. The number of carbonyl (C=O) groups excluding carboxylic acids is 2. The molecule has 0 amide bonds. The van der Waals surface area contributed by atoms with Crippen LogP contribution in [0.15, 0.2) is 54.6 Å². The van der Waals surface area contributed by atoms with Crippen LogP contribution in [-0.2, 0) is 16.1 Å². The van der Waals surface area contributed by atoms with Gasteiger partial charge >= 0.3 is 0 Å². The second-order valence-corrected chi connectivity index (χ2v) is 4.37. The quantitative estimate of drug-likeness (QED) is 0.648. The third-order valence-corrected chi connectivity index (χ3v) is 2.96. The summed E-state index contributed by atoms with van der Waals surface area (Å²) in [6.07, 6.45) is 0.284. The molecule has 0 saturated heterocycles. The number of Topliss-reactive ketones (excluding diaryl/α,β-unsaturated/α-hetero) is 1. The van der Waals surface area contributed by atoms with E-state index in [1.54, 1.807) is 0 Å². The van der Waals surface area contributed by atoms with Crippen LogP contribution in [0.1, 0.15) is 17.2 Å². The standard InChI is InChI=1S/C16H14FNO2/c17-14-8-6-13(7-9-14)16(15(20)11-19)18-10-12-4-2-1-3-5-12/h1-9,11,16,18H,10H2/t16-/m0/s1. The summed E-state index contributed by atoms with van der Waals surface area (Å²) in [4.78, 5) is 22.4. The highest BCUT2D eigenvalue weighted by atomic mass is 19.1. The molecule has 1 N–H and O–H groups in total. The molecule has 0 unspecified atom stereocenters. The van der Waals surface area contributed by atoms with Crippen molar-refractivity contribution in [1.29, 1.82) is 0 Å². The van der Waals surface area contributed by atoms with Gasteiger partial charge in [0.15, 0.2) is 6.29 Å². The zero-order valence-corrected chi connectivity index (χ0v) is 10.8. The lowest BCUT2D eigenvalue weighted by molar-refractivity contribution is -0.131. The number of rotatable bonds is 6. The summed E-state index contributed by atoms with van der Waals surface area (Å²) in [5.74, 6) is -0.957. The van der Waals surface area contributed by atoms with Crippen molar-refractivity contribution in [3.8, 4) is 0 Å². The molecular formula is C16H14FNO2. The van der Waals surface area contributed by atoms with Crippen molar-refractivity contribution in [2.75, 3.05) is 0 Å². The Morgan fingerprint density at radius 3 is 2.35 bits per heavy atom. The van der Waals surface area contributed by atoms with E-state index in [-0.39, 0.29) is 12.1 Å². The minimum atomic E-state index is -0.756. The van der Waals surface area contributed by atoms with E-state index in [4.69, 9.17) is 0 Å². The molecule has 102 valence electrons. The zero-order valence-electron chi connectivity index (χ0n) is 10.8. The SMILES string of the molecule is O=CC(=O)[C@@H](NCc1ccccc1)c1ccc(F)cc1. The molecule has 0 aliphatic heterocycles. The van der Waals surface area contributed by atoms with Crippen molar-refractivity contribution in [2.45, 2.75) is 12.6 Å². The van der Waals surface area contributed by atoms with Gasteiger partial charge in [-0.05, 0) is 23.3 Å². The predicted molar refractivity (Wildman–Crippen MR) is 73.5 cm³/mol. The molecule has 0 aromatic heterocycles.